The van der Waals surface area contributed by atoms with Crippen molar-refractivity contribution in [1.29, 1.82) is 0 Å². The first-order chi connectivity index (χ1) is 9.27. The van der Waals surface area contributed by atoms with Gasteiger partial charge in [0.15, 0.2) is 0 Å². The lowest BCUT2D eigenvalue weighted by atomic mass is 10.2. The molecule has 1 N–H and O–H groups in total. The van der Waals surface area contributed by atoms with Crippen molar-refractivity contribution in [3.8, 4) is 0 Å². The van der Waals surface area contributed by atoms with Gasteiger partial charge in [-0.15, -0.1) is 0 Å². The summed E-state index contributed by atoms with van der Waals surface area (Å²) >= 11 is 0. The largest absolute Gasteiger partial charge is 0.466 e. The van der Waals surface area contributed by atoms with Gasteiger partial charge in [0.1, 0.15) is 6.61 Å². The van der Waals surface area contributed by atoms with Crippen LogP contribution in [0.15, 0.2) is 24.3 Å². The molecule has 6 nitrogen and oxygen atoms in total. The molecule has 0 radical (unpaired) electrons. The van der Waals surface area contributed by atoms with Crippen LogP contribution in [-0.2, 0) is 23.8 Å². The highest BCUT2D eigenvalue weighted by molar-refractivity contribution is 5.87. The monoisotopic (exact) mass is 286 g/mol. The standard InChI is InChI=1S/C7H10O3.C7H12O3/c1-5(7(8)9-2)3-6-4-10-6;1-5(2)7(9)10-4-6(3)8/h6H,1,3-4H2,2H3;6,8H,1,4H2,2-3H3. The maximum Gasteiger partial charge on any atom is 0.333 e. The zero-order valence-corrected chi connectivity index (χ0v) is 12.2. The molecule has 20 heavy (non-hydrogen) atoms. The predicted molar refractivity (Wildman–Crippen MR) is 73.0 cm³/mol. The topological polar surface area (TPSA) is 85.4 Å². The molecule has 1 aliphatic rings. The number of hydrogen-bond donors (Lipinski definition) is 1. The van der Waals surface area contributed by atoms with E-state index >= 15 is 0 Å². The fraction of sp³-hybridized carbons (Fsp3) is 0.571. The van der Waals surface area contributed by atoms with Gasteiger partial charge in [-0.1, -0.05) is 13.2 Å². The third-order valence-electron chi connectivity index (χ3n) is 2.15. The Balaban J connectivity index is 0.000000361. The zero-order chi connectivity index (χ0) is 15.7. The molecule has 2 atom stereocenters. The molecule has 1 rings (SSSR count). The summed E-state index contributed by atoms with van der Waals surface area (Å²) in [4.78, 5) is 21.3. The van der Waals surface area contributed by atoms with Crippen molar-refractivity contribution in [3.63, 3.8) is 0 Å². The number of aliphatic hydroxyl groups excluding tert-OH is 1. The van der Waals surface area contributed by atoms with Gasteiger partial charge in [0, 0.05) is 17.6 Å². The minimum absolute atomic E-state index is 0.0334. The van der Waals surface area contributed by atoms with Gasteiger partial charge in [-0.05, 0) is 13.8 Å². The van der Waals surface area contributed by atoms with Crippen LogP contribution < -0.4 is 0 Å². The summed E-state index contributed by atoms with van der Waals surface area (Å²) in [7, 11) is 1.35. The van der Waals surface area contributed by atoms with Gasteiger partial charge in [-0.2, -0.15) is 0 Å². The maximum atomic E-state index is 10.7. The van der Waals surface area contributed by atoms with Crippen LogP contribution in [0, 0.1) is 0 Å². The SMILES string of the molecule is C=C(C)C(=O)OCC(C)O.C=C(CC1CO1)C(=O)OC. The number of epoxide rings is 1. The third kappa shape index (κ3) is 9.29. The molecule has 0 aromatic carbocycles. The van der Waals surface area contributed by atoms with Gasteiger partial charge in [0.2, 0.25) is 0 Å². The molecule has 0 aromatic heterocycles. The molecular formula is C14H22O6. The molecule has 114 valence electrons. The van der Waals surface area contributed by atoms with Gasteiger partial charge in [-0.25, -0.2) is 9.59 Å². The van der Waals surface area contributed by atoms with Crippen LogP contribution in [0.3, 0.4) is 0 Å². The fourth-order valence-corrected chi connectivity index (χ4v) is 1.01. The first-order valence-corrected chi connectivity index (χ1v) is 6.16. The van der Waals surface area contributed by atoms with Crippen LogP contribution in [0.25, 0.3) is 0 Å². The average molecular weight is 286 g/mol. The van der Waals surface area contributed by atoms with Gasteiger partial charge >= 0.3 is 11.9 Å². The van der Waals surface area contributed by atoms with Crippen molar-refractivity contribution in [2.75, 3.05) is 20.3 Å². The van der Waals surface area contributed by atoms with E-state index < -0.39 is 12.1 Å². The Hall–Kier alpha value is -1.66. The van der Waals surface area contributed by atoms with Gasteiger partial charge in [0.25, 0.3) is 0 Å². The Bertz CT molecular complexity index is 366. The summed E-state index contributed by atoms with van der Waals surface area (Å²) < 4.78 is 13.9. The maximum absolute atomic E-state index is 10.7. The summed E-state index contributed by atoms with van der Waals surface area (Å²) in [6, 6.07) is 0. The molecule has 0 bridgehead atoms. The number of methoxy groups -OCH3 is 1. The molecule has 1 fully saturated rings. The molecule has 1 aliphatic heterocycles. The van der Waals surface area contributed by atoms with E-state index in [-0.39, 0.29) is 18.7 Å². The predicted octanol–water partition coefficient (Wildman–Crippen LogP) is 0.991. The molecular weight excluding hydrogens is 264 g/mol. The van der Waals surface area contributed by atoms with Crippen LogP contribution in [0.4, 0.5) is 0 Å². The number of rotatable bonds is 6. The normalized spacial score (nSPS) is 17.1. The van der Waals surface area contributed by atoms with E-state index in [1.165, 1.54) is 7.11 Å². The van der Waals surface area contributed by atoms with Gasteiger partial charge in [0.05, 0.1) is 25.9 Å². The minimum Gasteiger partial charge on any atom is -0.466 e. The van der Waals surface area contributed by atoms with Crippen molar-refractivity contribution in [2.24, 2.45) is 0 Å². The van der Waals surface area contributed by atoms with Crippen molar-refractivity contribution in [2.45, 2.75) is 32.5 Å². The molecule has 2 unspecified atom stereocenters. The average Bonchev–Trinajstić information content (AvgIpc) is 3.19. The van der Waals surface area contributed by atoms with Gasteiger partial charge in [-0.3, -0.25) is 0 Å². The number of carbonyl (C=O) groups excluding carboxylic acids is 2. The summed E-state index contributed by atoms with van der Waals surface area (Å²) in [5.41, 5.74) is 0.839. The lowest BCUT2D eigenvalue weighted by Gasteiger charge is -2.04. The van der Waals surface area contributed by atoms with E-state index in [4.69, 9.17) is 9.84 Å². The number of esters is 2. The number of aliphatic hydroxyl groups is 1. The van der Waals surface area contributed by atoms with E-state index in [9.17, 15) is 9.59 Å². The highest BCUT2D eigenvalue weighted by Gasteiger charge is 2.25. The number of ether oxygens (including phenoxy) is 3. The highest BCUT2D eigenvalue weighted by atomic mass is 16.6. The molecule has 0 spiro atoms. The summed E-state index contributed by atoms with van der Waals surface area (Å²) in [6.45, 7) is 10.8. The molecule has 0 aliphatic carbocycles. The minimum atomic E-state index is -0.608. The van der Waals surface area contributed by atoms with Crippen molar-refractivity contribution < 1.29 is 28.9 Å². The van der Waals surface area contributed by atoms with Crippen molar-refractivity contribution in [3.05, 3.63) is 24.3 Å². The van der Waals surface area contributed by atoms with Crippen LogP contribution in [0.1, 0.15) is 20.3 Å². The molecule has 0 amide bonds. The summed E-state index contributed by atoms with van der Waals surface area (Å²) in [5, 5.41) is 8.68. The van der Waals surface area contributed by atoms with E-state index in [0.717, 1.165) is 6.61 Å². The van der Waals surface area contributed by atoms with E-state index in [2.05, 4.69) is 22.6 Å². The second-order valence-corrected chi connectivity index (χ2v) is 4.48. The van der Waals surface area contributed by atoms with Gasteiger partial charge < -0.3 is 19.3 Å². The van der Waals surface area contributed by atoms with Crippen LogP contribution in [0.2, 0.25) is 0 Å². The lowest BCUT2D eigenvalue weighted by molar-refractivity contribution is -0.141. The Kier molecular flexibility index (Phi) is 8.51. The van der Waals surface area contributed by atoms with Crippen molar-refractivity contribution >= 4 is 11.9 Å². The Morgan fingerprint density at radius 1 is 1.40 bits per heavy atom. The second-order valence-electron chi connectivity index (χ2n) is 4.48. The Morgan fingerprint density at radius 3 is 2.30 bits per heavy atom. The summed E-state index contributed by atoms with van der Waals surface area (Å²) in [6.07, 6.45) is 0.210. The molecule has 0 aromatic rings. The number of carbonyl (C=O) groups is 2. The van der Waals surface area contributed by atoms with Crippen LogP contribution in [0.5, 0.6) is 0 Å². The fourth-order valence-electron chi connectivity index (χ4n) is 1.01. The van der Waals surface area contributed by atoms with E-state index in [1.54, 1.807) is 13.8 Å². The number of hydrogen-bond acceptors (Lipinski definition) is 6. The lowest BCUT2D eigenvalue weighted by Crippen LogP contribution is -2.15. The van der Waals surface area contributed by atoms with E-state index in [1.807, 2.05) is 0 Å². The highest BCUT2D eigenvalue weighted by Crippen LogP contribution is 2.18. The second kappa shape index (κ2) is 9.28. The summed E-state index contributed by atoms with van der Waals surface area (Å²) in [5.74, 6) is -0.795. The Morgan fingerprint density at radius 2 is 1.95 bits per heavy atom. The van der Waals surface area contributed by atoms with E-state index in [0.29, 0.717) is 17.6 Å². The quantitative estimate of drug-likeness (QED) is 0.445. The molecule has 1 heterocycles. The third-order valence-corrected chi connectivity index (χ3v) is 2.15. The zero-order valence-electron chi connectivity index (χ0n) is 12.2. The van der Waals surface area contributed by atoms with Crippen LogP contribution >= 0.6 is 0 Å². The molecule has 6 heteroatoms. The molecule has 0 saturated carbocycles. The van der Waals surface area contributed by atoms with Crippen LogP contribution in [-0.4, -0.2) is 49.6 Å². The first-order valence-electron chi connectivity index (χ1n) is 6.16. The molecule has 1 saturated heterocycles. The smallest absolute Gasteiger partial charge is 0.333 e. The van der Waals surface area contributed by atoms with Crippen molar-refractivity contribution in [1.82, 2.24) is 0 Å². The Labute approximate surface area is 119 Å². The first kappa shape index (κ1) is 18.3.